The van der Waals surface area contributed by atoms with Crippen LogP contribution in [0.5, 0.6) is 5.88 Å². The van der Waals surface area contributed by atoms with Gasteiger partial charge in [-0.05, 0) is 25.5 Å². The highest BCUT2D eigenvalue weighted by atomic mass is 19.1. The second kappa shape index (κ2) is 13.5. The molecule has 0 aliphatic rings. The van der Waals surface area contributed by atoms with Crippen molar-refractivity contribution in [2.45, 2.75) is 51.6 Å². The molecule has 0 fully saturated rings. The second-order valence-electron chi connectivity index (χ2n) is 8.52. The Balaban J connectivity index is 1.93. The molecule has 0 saturated carbocycles. The van der Waals surface area contributed by atoms with Crippen LogP contribution in [-0.2, 0) is 4.74 Å². The number of hydrogen-bond acceptors (Lipinski definition) is 10. The number of anilines is 3. The van der Waals surface area contributed by atoms with E-state index in [1.54, 1.807) is 13.2 Å². The van der Waals surface area contributed by atoms with Crippen LogP contribution in [0.25, 0.3) is 5.69 Å². The molecule has 37 heavy (non-hydrogen) atoms. The zero-order valence-electron chi connectivity index (χ0n) is 21.3. The van der Waals surface area contributed by atoms with Gasteiger partial charge in [-0.25, -0.2) is 14.4 Å². The first-order chi connectivity index (χ1) is 17.8. The smallest absolute Gasteiger partial charge is 0.252 e. The third-order valence-electron chi connectivity index (χ3n) is 5.57. The number of carbonyl (C=O) groups is 1. The predicted molar refractivity (Wildman–Crippen MR) is 138 cm³/mol. The van der Waals surface area contributed by atoms with Crippen molar-refractivity contribution in [3.05, 3.63) is 42.1 Å². The fourth-order valence-corrected chi connectivity index (χ4v) is 3.59. The number of amides is 1. The summed E-state index contributed by atoms with van der Waals surface area (Å²) in [6.45, 7) is 4.60. The van der Waals surface area contributed by atoms with E-state index in [4.69, 9.17) is 20.9 Å². The number of aromatic nitrogens is 5. The summed E-state index contributed by atoms with van der Waals surface area (Å²) in [6.07, 6.45) is 8.30. The van der Waals surface area contributed by atoms with Gasteiger partial charge in [0, 0.05) is 19.2 Å². The van der Waals surface area contributed by atoms with Crippen molar-refractivity contribution in [3.8, 4) is 11.6 Å². The van der Waals surface area contributed by atoms with Crippen LogP contribution in [0.2, 0.25) is 0 Å². The summed E-state index contributed by atoms with van der Waals surface area (Å²) >= 11 is 0. The number of nitrogens with two attached hydrogens (primary N) is 2. The third kappa shape index (κ3) is 7.57. The Morgan fingerprint density at radius 3 is 2.59 bits per heavy atom. The summed E-state index contributed by atoms with van der Waals surface area (Å²) in [6, 6.07) is 2.26. The molecule has 3 rings (SSSR count). The number of ether oxygens (including phenoxy) is 2. The molecule has 200 valence electrons. The quantitative estimate of drug-likeness (QED) is 0.221. The van der Waals surface area contributed by atoms with Gasteiger partial charge in [0.2, 0.25) is 5.88 Å². The van der Waals surface area contributed by atoms with Crippen molar-refractivity contribution in [2.24, 2.45) is 11.5 Å². The van der Waals surface area contributed by atoms with Crippen LogP contribution >= 0.6 is 0 Å². The summed E-state index contributed by atoms with van der Waals surface area (Å²) in [4.78, 5) is 22.1. The third-order valence-corrected chi connectivity index (χ3v) is 5.57. The summed E-state index contributed by atoms with van der Waals surface area (Å²) in [5, 5.41) is 14.4. The van der Waals surface area contributed by atoms with Gasteiger partial charge in [-0.2, -0.15) is 10.2 Å². The molecule has 0 aromatic carbocycles. The van der Waals surface area contributed by atoms with E-state index in [1.807, 2.05) is 6.92 Å². The lowest BCUT2D eigenvalue weighted by molar-refractivity contribution is 0.100. The Kier molecular flexibility index (Phi) is 10.1. The summed E-state index contributed by atoms with van der Waals surface area (Å²) in [7, 11) is 1.57. The molecule has 0 spiro atoms. The molecule has 3 heterocycles. The first kappa shape index (κ1) is 27.7. The van der Waals surface area contributed by atoms with Gasteiger partial charge in [0.15, 0.2) is 11.6 Å². The Hall–Kier alpha value is -3.84. The van der Waals surface area contributed by atoms with Crippen LogP contribution in [0.4, 0.5) is 21.7 Å². The van der Waals surface area contributed by atoms with Crippen LogP contribution < -0.4 is 26.8 Å². The number of rotatable bonds is 15. The van der Waals surface area contributed by atoms with Crippen LogP contribution in [0.15, 0.2) is 30.7 Å². The summed E-state index contributed by atoms with van der Waals surface area (Å²) in [5.41, 5.74) is 12.4. The van der Waals surface area contributed by atoms with Gasteiger partial charge in [0.25, 0.3) is 5.91 Å². The number of carbonyl (C=O) groups excluding carboxylic acids is 1. The highest BCUT2D eigenvalue weighted by molar-refractivity contribution is 5.98. The monoisotopic (exact) mass is 515 g/mol. The molecule has 2 atom stereocenters. The molecule has 1 amide bonds. The number of hydrogen-bond donors (Lipinski definition) is 4. The van der Waals surface area contributed by atoms with Crippen molar-refractivity contribution >= 4 is 23.2 Å². The minimum atomic E-state index is -0.839. The Bertz CT molecular complexity index is 1160. The molecule has 0 aliphatic heterocycles. The van der Waals surface area contributed by atoms with Crippen LogP contribution in [0.1, 0.15) is 49.9 Å². The SMILES string of the molecule is CCCCC[C@@H](Nc1nc(Nc2cnc(OCCOC)c(-n3nccn3)c2)c(C(N)=O)cc1F)[C@H](C)N. The Morgan fingerprint density at radius 1 is 1.19 bits per heavy atom. The van der Waals surface area contributed by atoms with Gasteiger partial charge in [0.1, 0.15) is 18.1 Å². The topological polar surface area (TPSA) is 168 Å². The number of nitrogens with zero attached hydrogens (tertiary/aromatic N) is 5. The Morgan fingerprint density at radius 2 is 1.95 bits per heavy atom. The van der Waals surface area contributed by atoms with Gasteiger partial charge in [0.05, 0.1) is 36.4 Å². The van der Waals surface area contributed by atoms with E-state index < -0.39 is 11.7 Å². The van der Waals surface area contributed by atoms with E-state index >= 15 is 0 Å². The van der Waals surface area contributed by atoms with E-state index in [0.29, 0.717) is 18.0 Å². The van der Waals surface area contributed by atoms with Crippen LogP contribution in [0.3, 0.4) is 0 Å². The highest BCUT2D eigenvalue weighted by Crippen LogP contribution is 2.28. The standard InChI is InChI=1S/C24H34FN9O3/c1-4-5-6-7-19(15(2)26)32-23-18(25)13-17(21(27)35)22(33-23)31-16-12-20(34-29-8-9-30-34)24(28-14-16)37-11-10-36-3/h8-9,12-15,19H,4-7,10-11,26H2,1-3H3,(H2,27,35)(H2,31,32,33)/t15-,19+/m0/s1. The van der Waals surface area contributed by atoms with Gasteiger partial charge < -0.3 is 31.6 Å². The average molecular weight is 516 g/mol. The van der Waals surface area contributed by atoms with Crippen molar-refractivity contribution < 1.29 is 18.7 Å². The van der Waals surface area contributed by atoms with Gasteiger partial charge >= 0.3 is 0 Å². The molecular formula is C24H34FN9O3. The van der Waals surface area contributed by atoms with Crippen LogP contribution in [-0.4, -0.2) is 63.3 Å². The Labute approximate surface area is 214 Å². The van der Waals surface area contributed by atoms with E-state index in [1.165, 1.54) is 23.4 Å². The van der Waals surface area contributed by atoms with Gasteiger partial charge in [-0.3, -0.25) is 4.79 Å². The lowest BCUT2D eigenvalue weighted by atomic mass is 10.0. The summed E-state index contributed by atoms with van der Waals surface area (Å²) in [5.74, 6) is -1.25. The molecule has 0 radical (unpaired) electrons. The maximum atomic E-state index is 14.9. The zero-order chi connectivity index (χ0) is 26.8. The summed E-state index contributed by atoms with van der Waals surface area (Å²) < 4.78 is 25.6. The lowest BCUT2D eigenvalue weighted by Crippen LogP contribution is -2.38. The van der Waals surface area contributed by atoms with Crippen molar-refractivity contribution in [3.63, 3.8) is 0 Å². The van der Waals surface area contributed by atoms with Gasteiger partial charge in [-0.15, -0.1) is 4.80 Å². The second-order valence-corrected chi connectivity index (χ2v) is 8.52. The van der Waals surface area contributed by atoms with Gasteiger partial charge in [-0.1, -0.05) is 26.2 Å². The first-order valence-corrected chi connectivity index (χ1v) is 12.1. The fraction of sp³-hybridized carbons (Fsp3) is 0.458. The molecule has 3 aromatic heterocycles. The molecule has 3 aromatic rings. The zero-order valence-corrected chi connectivity index (χ0v) is 21.3. The first-order valence-electron chi connectivity index (χ1n) is 12.1. The van der Waals surface area contributed by atoms with Crippen LogP contribution in [0, 0.1) is 5.82 Å². The van der Waals surface area contributed by atoms with Crippen molar-refractivity contribution in [1.82, 2.24) is 25.0 Å². The number of unbranched alkanes of at least 4 members (excludes halogenated alkanes) is 2. The molecular weight excluding hydrogens is 481 g/mol. The maximum Gasteiger partial charge on any atom is 0.252 e. The molecule has 12 nitrogen and oxygen atoms in total. The van der Waals surface area contributed by atoms with Crippen molar-refractivity contribution in [2.75, 3.05) is 31.0 Å². The minimum Gasteiger partial charge on any atom is -0.474 e. The number of pyridine rings is 2. The van der Waals surface area contributed by atoms with E-state index in [0.717, 1.165) is 31.7 Å². The van der Waals surface area contributed by atoms with E-state index in [-0.39, 0.29) is 41.8 Å². The molecule has 0 saturated heterocycles. The largest absolute Gasteiger partial charge is 0.474 e. The van der Waals surface area contributed by atoms with E-state index in [9.17, 15) is 9.18 Å². The molecule has 6 N–H and O–H groups in total. The predicted octanol–water partition coefficient (Wildman–Crippen LogP) is 2.77. The maximum absolute atomic E-state index is 14.9. The minimum absolute atomic E-state index is 0.0345. The van der Waals surface area contributed by atoms with E-state index in [2.05, 4.69) is 37.7 Å². The molecule has 0 unspecified atom stereocenters. The number of nitrogens with one attached hydrogen (secondary N) is 2. The molecule has 0 bridgehead atoms. The molecule has 0 aliphatic carbocycles. The average Bonchev–Trinajstić information content (AvgIpc) is 3.40. The normalized spacial score (nSPS) is 12.7. The highest BCUT2D eigenvalue weighted by Gasteiger charge is 2.21. The molecule has 13 heteroatoms. The number of halogens is 1. The number of primary amides is 1. The lowest BCUT2D eigenvalue weighted by Gasteiger charge is -2.24. The fourth-order valence-electron chi connectivity index (χ4n) is 3.59. The number of methoxy groups -OCH3 is 1. The van der Waals surface area contributed by atoms with Crippen molar-refractivity contribution in [1.29, 1.82) is 0 Å².